The first-order chi connectivity index (χ1) is 19.8. The van der Waals surface area contributed by atoms with Crippen LogP contribution in [0.2, 0.25) is 0 Å². The van der Waals surface area contributed by atoms with Crippen LogP contribution in [0.15, 0.2) is 35.4 Å². The first-order valence-corrected chi connectivity index (χ1v) is 16.3. The number of halogens is 3. The highest BCUT2D eigenvalue weighted by molar-refractivity contribution is 8.02. The van der Waals surface area contributed by atoms with Gasteiger partial charge in [-0.1, -0.05) is 13.0 Å². The lowest BCUT2D eigenvalue weighted by molar-refractivity contribution is -0.192. The van der Waals surface area contributed by atoms with Crippen molar-refractivity contribution >= 4 is 44.2 Å². The number of nitrogens with one attached hydrogen (secondary N) is 1. The Balaban J connectivity index is 0.000000601. The van der Waals surface area contributed by atoms with Crippen molar-refractivity contribution in [1.29, 1.82) is 0 Å². The number of carboxylic acid groups (broad SMARTS) is 1. The number of H-pyrrole nitrogens is 1. The Morgan fingerprint density at radius 3 is 2.36 bits per heavy atom. The zero-order chi connectivity index (χ0) is 31.7. The third kappa shape index (κ3) is 9.32. The summed E-state index contributed by atoms with van der Waals surface area (Å²) in [6, 6.07) is 4.33. The van der Waals surface area contributed by atoms with Crippen LogP contribution >= 0.6 is 11.8 Å². The van der Waals surface area contributed by atoms with Crippen LogP contribution in [0.3, 0.4) is 0 Å². The second kappa shape index (κ2) is 15.9. The van der Waals surface area contributed by atoms with E-state index in [-0.39, 0.29) is 12.4 Å². The highest BCUT2D eigenvalue weighted by atomic mass is 32.2. The third-order valence-corrected chi connectivity index (χ3v) is 9.99. The molecule has 0 spiro atoms. The average Bonchev–Trinajstić information content (AvgIpc) is 3.42. The molecular weight excluding hydrogens is 593 g/mol. The van der Waals surface area contributed by atoms with E-state index >= 15 is 0 Å². The van der Waals surface area contributed by atoms with E-state index in [1.165, 1.54) is 23.8 Å². The zero-order valence-corrected chi connectivity index (χ0v) is 26.0. The lowest BCUT2D eigenvalue weighted by Crippen LogP contribution is -2.38. The summed E-state index contributed by atoms with van der Waals surface area (Å²) in [7, 11) is 0.510. The number of piperidine rings is 1. The van der Waals surface area contributed by atoms with Gasteiger partial charge in [-0.25, -0.2) is 17.5 Å². The van der Waals surface area contributed by atoms with E-state index in [9.17, 15) is 26.7 Å². The van der Waals surface area contributed by atoms with Crippen LogP contribution < -0.4 is 5.73 Å². The highest BCUT2D eigenvalue weighted by Crippen LogP contribution is 2.38. The van der Waals surface area contributed by atoms with Gasteiger partial charge in [0.15, 0.2) is 0 Å². The molecule has 14 heteroatoms. The topological polar surface area (TPSA) is 140 Å². The number of allylic oxidation sites excluding steroid dienone is 2. The molecule has 0 amide bonds. The molecule has 42 heavy (non-hydrogen) atoms. The molecule has 3 heterocycles. The number of aromatic nitrogens is 1. The number of sulfonamides is 1. The number of carboxylic acids is 1. The number of aliphatic hydroxyl groups excluding tert-OH is 1. The summed E-state index contributed by atoms with van der Waals surface area (Å²) in [4.78, 5) is 14.6. The largest absolute Gasteiger partial charge is 0.490 e. The van der Waals surface area contributed by atoms with Gasteiger partial charge < -0.3 is 25.8 Å². The summed E-state index contributed by atoms with van der Waals surface area (Å²) in [5, 5.41) is 20.6. The minimum absolute atomic E-state index is 0.0208. The smallest absolute Gasteiger partial charge is 0.475 e. The Labute approximate surface area is 249 Å². The fraction of sp³-hybridized carbons (Fsp3) is 0.536. The molecule has 4 rings (SSSR count). The zero-order valence-electron chi connectivity index (χ0n) is 24.4. The number of aliphatic hydroxyl groups is 1. The van der Waals surface area contributed by atoms with Crippen molar-refractivity contribution in [3.63, 3.8) is 0 Å². The number of rotatable bonds is 8. The number of benzene rings is 1. The lowest BCUT2D eigenvalue weighted by atomic mass is 9.88. The van der Waals surface area contributed by atoms with E-state index < -0.39 is 22.2 Å². The van der Waals surface area contributed by atoms with Gasteiger partial charge in [-0.3, -0.25) is 0 Å². The fourth-order valence-electron chi connectivity index (χ4n) is 4.82. The van der Waals surface area contributed by atoms with Crippen molar-refractivity contribution in [2.45, 2.75) is 45.4 Å². The van der Waals surface area contributed by atoms with Crippen molar-refractivity contribution in [3.8, 4) is 0 Å². The van der Waals surface area contributed by atoms with E-state index in [4.69, 9.17) is 9.90 Å². The number of aliphatic carboxylic acids is 1. The molecule has 0 saturated carbocycles. The maximum atomic E-state index is 12.3. The molecule has 236 valence electrons. The summed E-state index contributed by atoms with van der Waals surface area (Å²) in [6.07, 6.45) is 0.906. The molecule has 0 radical (unpaired) electrons. The maximum Gasteiger partial charge on any atom is 0.490 e. The number of thioether (sulfide) groups is 1. The van der Waals surface area contributed by atoms with Gasteiger partial charge in [0, 0.05) is 42.5 Å². The number of hydrogen-bond acceptors (Lipinski definition) is 7. The summed E-state index contributed by atoms with van der Waals surface area (Å²) in [6.45, 7) is 6.98. The molecule has 1 fully saturated rings. The summed E-state index contributed by atoms with van der Waals surface area (Å²) >= 11 is 1.83. The minimum Gasteiger partial charge on any atom is -0.475 e. The average molecular weight is 635 g/mol. The van der Waals surface area contributed by atoms with Crippen molar-refractivity contribution in [2.24, 2.45) is 5.73 Å². The van der Waals surface area contributed by atoms with Crippen LogP contribution in [-0.4, -0.2) is 96.7 Å². The second-order valence-corrected chi connectivity index (χ2v) is 13.0. The molecule has 0 aliphatic carbocycles. The van der Waals surface area contributed by atoms with Gasteiger partial charge >= 0.3 is 12.1 Å². The predicted molar refractivity (Wildman–Crippen MR) is 163 cm³/mol. The van der Waals surface area contributed by atoms with Gasteiger partial charge in [0.2, 0.25) is 10.0 Å². The second-order valence-electron chi connectivity index (χ2n) is 9.85. The molecule has 9 nitrogen and oxygen atoms in total. The number of nitrogens with two attached hydrogens (primary N) is 1. The van der Waals surface area contributed by atoms with Crippen LogP contribution in [0.4, 0.5) is 13.2 Å². The Morgan fingerprint density at radius 2 is 1.83 bits per heavy atom. The quantitative estimate of drug-likeness (QED) is 0.336. The normalized spacial score (nSPS) is 16.7. The van der Waals surface area contributed by atoms with Gasteiger partial charge in [-0.15, -0.1) is 11.8 Å². The van der Waals surface area contributed by atoms with Crippen LogP contribution in [0, 0.1) is 0 Å². The number of fused-ring (bicyclic) bond motifs is 1. The molecule has 5 N–H and O–H groups in total. The monoisotopic (exact) mass is 634 g/mol. The van der Waals surface area contributed by atoms with Gasteiger partial charge in [0.25, 0.3) is 0 Å². The van der Waals surface area contributed by atoms with Gasteiger partial charge in [0.05, 0.1) is 17.9 Å². The van der Waals surface area contributed by atoms with Crippen molar-refractivity contribution < 1.29 is 36.6 Å². The number of aromatic amines is 1. The summed E-state index contributed by atoms with van der Waals surface area (Å²) in [5.41, 5.74) is 11.3. The van der Waals surface area contributed by atoms with Crippen LogP contribution in [0.5, 0.6) is 0 Å². The Kier molecular flexibility index (Phi) is 13.6. The van der Waals surface area contributed by atoms with Crippen molar-refractivity contribution in [2.75, 3.05) is 51.8 Å². The van der Waals surface area contributed by atoms with Gasteiger partial charge in [-0.2, -0.15) is 13.2 Å². The molecular formula is C28H41F3N4O5S2. The highest BCUT2D eigenvalue weighted by Gasteiger charge is 2.38. The molecule has 2 aliphatic heterocycles. The van der Waals surface area contributed by atoms with E-state index in [2.05, 4.69) is 59.4 Å². The number of likely N-dealkylation sites (N-methyl/N-ethyl adjacent to an activating group) is 1. The lowest BCUT2D eigenvalue weighted by Gasteiger charge is -2.31. The maximum absolute atomic E-state index is 12.3. The van der Waals surface area contributed by atoms with E-state index in [0.29, 0.717) is 19.0 Å². The van der Waals surface area contributed by atoms with Crippen LogP contribution in [0.1, 0.15) is 49.3 Å². The SMILES string of the molecule is CCN(C)CC1=CC(c2cc(CO)c3[nH]cc(C4CCN(S(=O)(=O)CC)CC4)c3c2)=CSC1.CN.O=C(O)C(F)(F)F. The molecule has 1 aromatic heterocycles. The molecule has 0 unspecified atom stereocenters. The Hall–Kier alpha value is -2.36. The molecule has 1 saturated heterocycles. The molecule has 1 aromatic carbocycles. The van der Waals surface area contributed by atoms with Gasteiger partial charge in [-0.05, 0) is 86.1 Å². The summed E-state index contributed by atoms with van der Waals surface area (Å²) in [5.74, 6) is -1.28. The number of nitrogens with zero attached hydrogens (tertiary/aromatic N) is 2. The first kappa shape index (κ1) is 35.8. The molecule has 0 atom stereocenters. The number of carbonyl (C=O) groups is 1. The number of hydrogen-bond donors (Lipinski definition) is 4. The molecule has 0 bridgehead atoms. The van der Waals surface area contributed by atoms with E-state index in [1.807, 2.05) is 11.8 Å². The van der Waals surface area contributed by atoms with Crippen LogP contribution in [0.25, 0.3) is 16.5 Å². The van der Waals surface area contributed by atoms with E-state index in [0.717, 1.165) is 53.7 Å². The minimum atomic E-state index is -5.08. The van der Waals surface area contributed by atoms with E-state index in [1.54, 1.807) is 11.2 Å². The standard InChI is InChI=1S/C25H35N3O3S2.C2HF3O2.CH5N/c1-4-27(3)14-18-10-22(17-32-16-18)20-11-21(15-29)25-23(12-20)24(13-26-25)19-6-8-28(9-7-19)33(30,31)5-2;3-2(4,5)1(6)7;1-2/h10-13,17,19,26,29H,4-9,14-16H2,1-3H3;(H,6,7);2H2,1H3. The summed E-state index contributed by atoms with van der Waals surface area (Å²) < 4.78 is 57.9. The fourth-order valence-corrected chi connectivity index (χ4v) is 6.81. The van der Waals surface area contributed by atoms with Crippen molar-refractivity contribution in [1.82, 2.24) is 14.2 Å². The Bertz CT molecular complexity index is 1370. The van der Waals surface area contributed by atoms with Gasteiger partial charge in [0.1, 0.15) is 0 Å². The first-order valence-electron chi connectivity index (χ1n) is 13.6. The third-order valence-electron chi connectivity index (χ3n) is 7.15. The predicted octanol–water partition coefficient (Wildman–Crippen LogP) is 4.36. The van der Waals surface area contributed by atoms with Crippen LogP contribution in [-0.2, 0) is 21.4 Å². The molecule has 2 aromatic rings. The Morgan fingerprint density at radius 1 is 1.21 bits per heavy atom. The number of alkyl halides is 3. The molecule has 2 aliphatic rings. The van der Waals surface area contributed by atoms with Crippen molar-refractivity contribution in [3.05, 3.63) is 52.1 Å².